The number of halogens is 4. The number of nitrogens with zero attached hydrogens (tertiary/aromatic N) is 3. The number of fused-ring (bicyclic) bond motifs is 1. The highest BCUT2D eigenvalue weighted by Gasteiger charge is 2.50. The summed E-state index contributed by atoms with van der Waals surface area (Å²) in [6.45, 7) is 3.19. The molecule has 0 saturated heterocycles. The first kappa shape index (κ1) is 31.0. The number of hydrogen-bond donors (Lipinski definition) is 1. The number of esters is 1. The van der Waals surface area contributed by atoms with Crippen LogP contribution in [0, 0.1) is 0 Å². The summed E-state index contributed by atoms with van der Waals surface area (Å²) in [5, 5.41) is 3.68. The van der Waals surface area contributed by atoms with E-state index in [0.717, 1.165) is 4.31 Å². The number of aryl methyl sites for hydroxylation is 1. The highest BCUT2D eigenvalue weighted by molar-refractivity contribution is 7.93. The van der Waals surface area contributed by atoms with Crippen LogP contribution < -0.4 is 13.8 Å². The number of sulfonamides is 2. The number of aromatic nitrogens is 2. The fourth-order valence-electron chi connectivity index (χ4n) is 3.61. The van der Waals surface area contributed by atoms with Gasteiger partial charge in [-0.15, -0.1) is 0 Å². The summed E-state index contributed by atoms with van der Waals surface area (Å²) in [5.74, 6) is -1.46. The number of rotatable bonds is 10. The van der Waals surface area contributed by atoms with Crippen LogP contribution in [0.5, 0.6) is 5.75 Å². The van der Waals surface area contributed by atoms with Crippen LogP contribution >= 0.6 is 11.6 Å². The van der Waals surface area contributed by atoms with E-state index >= 15 is 0 Å². The topological polar surface area (TPSA) is 137 Å². The standard InChI is InChI=1S/C22H28ClF3N4O7S2/c1-5-29-13-18(20(23)28-29)39(34,35)30-12-15(8-9-38(32,33)27-4)36-17-7-6-14(10-16(17)30)11-19(31)37-21(2,3)22(24,25)26/h6-7,10,13,15,27H,5,8-9,11-12H2,1-4H3/t15-/m0/s1. The molecule has 0 unspecified atom stereocenters. The van der Waals surface area contributed by atoms with Crippen molar-refractivity contribution in [2.24, 2.45) is 0 Å². The highest BCUT2D eigenvalue weighted by Crippen LogP contribution is 2.40. The van der Waals surface area contributed by atoms with Gasteiger partial charge in [0.25, 0.3) is 10.0 Å². The molecule has 0 fully saturated rings. The number of ether oxygens (including phenoxy) is 2. The summed E-state index contributed by atoms with van der Waals surface area (Å²) in [7, 11) is -6.74. The Morgan fingerprint density at radius 1 is 1.26 bits per heavy atom. The van der Waals surface area contributed by atoms with Gasteiger partial charge in [0.2, 0.25) is 15.6 Å². The van der Waals surface area contributed by atoms with E-state index in [4.69, 9.17) is 16.3 Å². The Morgan fingerprint density at radius 3 is 2.49 bits per heavy atom. The molecule has 1 aromatic heterocycles. The van der Waals surface area contributed by atoms with Gasteiger partial charge in [0.1, 0.15) is 16.7 Å². The number of nitrogens with one attached hydrogen (secondary N) is 1. The predicted molar refractivity (Wildman–Crippen MR) is 136 cm³/mol. The van der Waals surface area contributed by atoms with Crippen molar-refractivity contribution in [1.29, 1.82) is 0 Å². The summed E-state index contributed by atoms with van der Waals surface area (Å²) >= 11 is 6.12. The van der Waals surface area contributed by atoms with Gasteiger partial charge >= 0.3 is 12.1 Å². The van der Waals surface area contributed by atoms with Crippen molar-refractivity contribution in [3.05, 3.63) is 35.1 Å². The van der Waals surface area contributed by atoms with Crippen molar-refractivity contribution in [3.63, 3.8) is 0 Å². The minimum absolute atomic E-state index is 0.0107. The van der Waals surface area contributed by atoms with Gasteiger partial charge in [-0.25, -0.2) is 21.6 Å². The van der Waals surface area contributed by atoms with E-state index in [0.29, 0.717) is 20.4 Å². The van der Waals surface area contributed by atoms with E-state index < -0.39 is 50.3 Å². The van der Waals surface area contributed by atoms with Crippen LogP contribution in [0.25, 0.3) is 0 Å². The summed E-state index contributed by atoms with van der Waals surface area (Å²) in [6, 6.07) is 4.01. The Labute approximate surface area is 229 Å². The summed E-state index contributed by atoms with van der Waals surface area (Å²) in [6.07, 6.45) is -5.07. The molecule has 0 aliphatic carbocycles. The molecule has 1 N–H and O–H groups in total. The molecule has 0 amide bonds. The van der Waals surface area contributed by atoms with E-state index in [9.17, 15) is 34.8 Å². The molecular formula is C22H28ClF3N4O7S2. The average molecular weight is 617 g/mol. The Bertz CT molecular complexity index is 1440. The first-order valence-electron chi connectivity index (χ1n) is 11.6. The maximum absolute atomic E-state index is 13.7. The molecule has 3 rings (SSSR count). The smallest absolute Gasteiger partial charge is 0.427 e. The molecule has 1 aliphatic rings. The van der Waals surface area contributed by atoms with Gasteiger partial charge in [0, 0.05) is 19.2 Å². The van der Waals surface area contributed by atoms with Gasteiger partial charge in [0.15, 0.2) is 5.15 Å². The van der Waals surface area contributed by atoms with Crippen LogP contribution in [0.4, 0.5) is 18.9 Å². The number of benzene rings is 1. The lowest BCUT2D eigenvalue weighted by atomic mass is 10.1. The molecule has 1 aliphatic heterocycles. The van der Waals surface area contributed by atoms with E-state index in [1.807, 2.05) is 0 Å². The maximum atomic E-state index is 13.7. The van der Waals surface area contributed by atoms with Crippen molar-refractivity contribution in [3.8, 4) is 5.75 Å². The van der Waals surface area contributed by atoms with Gasteiger partial charge in [0.05, 0.1) is 24.4 Å². The fourth-order valence-corrected chi connectivity index (χ4v) is 6.34. The zero-order chi connectivity index (χ0) is 29.4. The lowest BCUT2D eigenvalue weighted by Crippen LogP contribution is -2.44. The summed E-state index contributed by atoms with van der Waals surface area (Å²) < 4.78 is 106. The number of carbonyl (C=O) groups excluding carboxylic acids is 1. The zero-order valence-electron chi connectivity index (χ0n) is 21.5. The first-order valence-corrected chi connectivity index (χ1v) is 15.1. The average Bonchev–Trinajstić information content (AvgIpc) is 3.22. The van der Waals surface area contributed by atoms with Crippen molar-refractivity contribution >= 4 is 43.3 Å². The van der Waals surface area contributed by atoms with E-state index in [-0.39, 0.29) is 45.8 Å². The summed E-state index contributed by atoms with van der Waals surface area (Å²) in [5.41, 5.74) is -2.58. The minimum Gasteiger partial charge on any atom is -0.486 e. The molecule has 0 saturated carbocycles. The molecule has 218 valence electrons. The molecule has 0 radical (unpaired) electrons. The first-order chi connectivity index (χ1) is 17.9. The predicted octanol–water partition coefficient (Wildman–Crippen LogP) is 2.88. The summed E-state index contributed by atoms with van der Waals surface area (Å²) in [4.78, 5) is 12.0. The second-order valence-electron chi connectivity index (χ2n) is 9.19. The fraction of sp³-hybridized carbons (Fsp3) is 0.545. The van der Waals surface area contributed by atoms with Crippen LogP contribution in [0.2, 0.25) is 5.15 Å². The van der Waals surface area contributed by atoms with Crippen molar-refractivity contribution in [1.82, 2.24) is 14.5 Å². The van der Waals surface area contributed by atoms with Gasteiger partial charge in [-0.2, -0.15) is 18.3 Å². The third kappa shape index (κ3) is 6.96. The van der Waals surface area contributed by atoms with Gasteiger partial charge in [-0.05, 0) is 45.5 Å². The number of hydrogen-bond acceptors (Lipinski definition) is 8. The minimum atomic E-state index is -4.80. The molecule has 39 heavy (non-hydrogen) atoms. The molecule has 11 nitrogen and oxygen atoms in total. The Kier molecular flexibility index (Phi) is 8.84. The third-order valence-corrected chi connectivity index (χ3v) is 9.52. The molecule has 1 aromatic carbocycles. The Morgan fingerprint density at radius 2 is 1.92 bits per heavy atom. The van der Waals surface area contributed by atoms with Crippen LogP contribution in [0.15, 0.2) is 29.3 Å². The largest absolute Gasteiger partial charge is 0.486 e. The molecule has 2 aromatic rings. The van der Waals surface area contributed by atoms with Gasteiger partial charge in [-0.3, -0.25) is 13.8 Å². The molecule has 1 atom stereocenters. The SMILES string of the molecule is CCn1cc(S(=O)(=O)N2C[C@H](CCS(=O)(=O)NC)Oc3ccc(CC(=O)OC(C)(C)C(F)(F)F)cc32)c(Cl)n1. The number of anilines is 1. The van der Waals surface area contributed by atoms with E-state index in [1.54, 1.807) is 6.92 Å². The maximum Gasteiger partial charge on any atom is 0.427 e. The van der Waals surface area contributed by atoms with Gasteiger partial charge < -0.3 is 9.47 Å². The number of alkyl halides is 3. The molecule has 0 bridgehead atoms. The molecule has 2 heterocycles. The highest BCUT2D eigenvalue weighted by atomic mass is 35.5. The second-order valence-corrected chi connectivity index (χ2v) is 13.4. The Hall–Kier alpha value is -2.56. The van der Waals surface area contributed by atoms with E-state index in [2.05, 4.69) is 14.6 Å². The van der Waals surface area contributed by atoms with Crippen molar-refractivity contribution in [2.45, 2.75) is 62.9 Å². The molecule has 17 heteroatoms. The monoisotopic (exact) mass is 616 g/mol. The normalized spacial score (nSPS) is 16.5. The lowest BCUT2D eigenvalue weighted by molar-refractivity contribution is -0.257. The second kappa shape index (κ2) is 11.1. The zero-order valence-corrected chi connectivity index (χ0v) is 23.8. The number of carbonyl (C=O) groups is 1. The molecule has 0 spiro atoms. The third-order valence-electron chi connectivity index (χ3n) is 5.95. The Balaban J connectivity index is 1.99. The van der Waals surface area contributed by atoms with Crippen LogP contribution in [-0.4, -0.2) is 69.8 Å². The molecular weight excluding hydrogens is 589 g/mol. The van der Waals surface area contributed by atoms with Crippen LogP contribution in [-0.2, 0) is 42.5 Å². The van der Waals surface area contributed by atoms with Crippen LogP contribution in [0.1, 0.15) is 32.8 Å². The van der Waals surface area contributed by atoms with Gasteiger partial charge in [-0.1, -0.05) is 17.7 Å². The van der Waals surface area contributed by atoms with Crippen molar-refractivity contribution in [2.75, 3.05) is 23.7 Å². The lowest BCUT2D eigenvalue weighted by Gasteiger charge is -2.35. The van der Waals surface area contributed by atoms with E-state index in [1.165, 1.54) is 36.1 Å². The quantitative estimate of drug-likeness (QED) is 0.403. The van der Waals surface area contributed by atoms with Crippen LogP contribution in [0.3, 0.4) is 0 Å². The van der Waals surface area contributed by atoms with Crippen molar-refractivity contribution < 1.29 is 44.3 Å².